The minimum Gasteiger partial charge on any atom is -0.465 e. The van der Waals surface area contributed by atoms with Gasteiger partial charge in [-0.05, 0) is 60.6 Å². The van der Waals surface area contributed by atoms with E-state index >= 15 is 0 Å². The number of esters is 1. The summed E-state index contributed by atoms with van der Waals surface area (Å²) in [6.07, 6.45) is 0.460. The molecule has 6 nitrogen and oxygen atoms in total. The van der Waals surface area contributed by atoms with E-state index in [9.17, 15) is 9.59 Å². The Morgan fingerprint density at radius 1 is 0.906 bits per heavy atom. The molecule has 1 atom stereocenters. The standard InChI is InChI=1S/C25H25N3O3S/c1-17-8-6-7-11-21(17)27-23(29)22(16-18-9-4-3-5-10-18)28-25(32)26-20-14-12-19(13-15-20)24(30)31-2/h3-15,22H,16H2,1-2H3,(H,27,29)(H2,26,28,32). The number of anilines is 2. The van der Waals surface area contributed by atoms with Gasteiger partial charge in [-0.25, -0.2) is 4.79 Å². The number of carbonyl (C=O) groups is 2. The van der Waals surface area contributed by atoms with Crippen LogP contribution < -0.4 is 16.0 Å². The van der Waals surface area contributed by atoms with Gasteiger partial charge in [0.1, 0.15) is 6.04 Å². The number of carbonyl (C=O) groups excluding carboxylic acids is 2. The van der Waals surface area contributed by atoms with E-state index in [1.54, 1.807) is 24.3 Å². The predicted octanol–water partition coefficient (Wildman–Crippen LogP) is 4.32. The lowest BCUT2D eigenvalue weighted by molar-refractivity contribution is -0.117. The van der Waals surface area contributed by atoms with Crippen LogP contribution in [0.2, 0.25) is 0 Å². The van der Waals surface area contributed by atoms with Gasteiger partial charge in [0.05, 0.1) is 12.7 Å². The summed E-state index contributed by atoms with van der Waals surface area (Å²) in [4.78, 5) is 24.7. The molecular formula is C25H25N3O3S. The van der Waals surface area contributed by atoms with Gasteiger partial charge in [0.25, 0.3) is 0 Å². The molecule has 0 fully saturated rings. The van der Waals surface area contributed by atoms with Gasteiger partial charge in [-0.3, -0.25) is 4.79 Å². The van der Waals surface area contributed by atoms with Crippen LogP contribution in [0.1, 0.15) is 21.5 Å². The number of aryl methyl sites for hydroxylation is 1. The van der Waals surface area contributed by atoms with E-state index in [0.29, 0.717) is 22.8 Å². The summed E-state index contributed by atoms with van der Waals surface area (Å²) in [5, 5.41) is 9.47. The minimum absolute atomic E-state index is 0.187. The predicted molar refractivity (Wildman–Crippen MR) is 131 cm³/mol. The third-order valence-electron chi connectivity index (χ3n) is 4.87. The zero-order chi connectivity index (χ0) is 22.9. The van der Waals surface area contributed by atoms with Gasteiger partial charge in [0.2, 0.25) is 5.91 Å². The Hall–Kier alpha value is -3.71. The van der Waals surface area contributed by atoms with E-state index in [4.69, 9.17) is 17.0 Å². The van der Waals surface area contributed by atoms with Crippen molar-refractivity contribution in [3.63, 3.8) is 0 Å². The van der Waals surface area contributed by atoms with E-state index in [1.165, 1.54) is 7.11 Å². The first-order valence-corrected chi connectivity index (χ1v) is 10.5. The van der Waals surface area contributed by atoms with Gasteiger partial charge in [-0.15, -0.1) is 0 Å². The average Bonchev–Trinajstić information content (AvgIpc) is 2.80. The van der Waals surface area contributed by atoms with Crippen molar-refractivity contribution in [1.29, 1.82) is 0 Å². The van der Waals surface area contributed by atoms with Crippen molar-refractivity contribution in [3.8, 4) is 0 Å². The number of benzene rings is 3. The Balaban J connectivity index is 1.71. The first-order chi connectivity index (χ1) is 15.5. The summed E-state index contributed by atoms with van der Waals surface area (Å²) in [6, 6.07) is 23.5. The highest BCUT2D eigenvalue weighted by atomic mass is 32.1. The van der Waals surface area contributed by atoms with E-state index in [-0.39, 0.29) is 5.91 Å². The maximum Gasteiger partial charge on any atom is 0.337 e. The molecule has 3 aromatic rings. The minimum atomic E-state index is -0.591. The Kier molecular flexibility index (Phi) is 7.94. The van der Waals surface area contributed by atoms with Crippen molar-refractivity contribution in [2.45, 2.75) is 19.4 Å². The molecule has 0 heterocycles. The molecule has 3 aromatic carbocycles. The average molecular weight is 448 g/mol. The summed E-state index contributed by atoms with van der Waals surface area (Å²) in [6.45, 7) is 1.94. The monoisotopic (exact) mass is 447 g/mol. The number of hydrogen-bond acceptors (Lipinski definition) is 4. The van der Waals surface area contributed by atoms with E-state index in [0.717, 1.165) is 16.8 Å². The lowest BCUT2D eigenvalue weighted by Gasteiger charge is -2.21. The molecule has 164 valence electrons. The number of para-hydroxylation sites is 1. The molecule has 3 N–H and O–H groups in total. The fraction of sp³-hybridized carbons (Fsp3) is 0.160. The van der Waals surface area contributed by atoms with Crippen LogP contribution >= 0.6 is 12.2 Å². The summed E-state index contributed by atoms with van der Waals surface area (Å²) < 4.78 is 4.71. The second-order valence-corrected chi connectivity index (χ2v) is 7.62. The number of rotatable bonds is 7. The maximum atomic E-state index is 13.1. The van der Waals surface area contributed by atoms with Crippen molar-refractivity contribution in [2.75, 3.05) is 17.7 Å². The van der Waals surface area contributed by atoms with Crippen molar-refractivity contribution < 1.29 is 14.3 Å². The number of nitrogens with one attached hydrogen (secondary N) is 3. The first kappa shape index (κ1) is 23.0. The Morgan fingerprint density at radius 3 is 2.22 bits per heavy atom. The van der Waals surface area contributed by atoms with Crippen molar-refractivity contribution >= 4 is 40.6 Å². The number of hydrogen-bond donors (Lipinski definition) is 3. The van der Waals surface area contributed by atoms with E-state index in [1.807, 2.05) is 61.5 Å². The molecular weight excluding hydrogens is 422 g/mol. The van der Waals surface area contributed by atoms with Gasteiger partial charge >= 0.3 is 5.97 Å². The highest BCUT2D eigenvalue weighted by molar-refractivity contribution is 7.80. The fourth-order valence-corrected chi connectivity index (χ4v) is 3.39. The van der Waals surface area contributed by atoms with Crippen LogP contribution in [0, 0.1) is 6.92 Å². The molecule has 0 aromatic heterocycles. The van der Waals surface area contributed by atoms with Gasteiger partial charge in [0.15, 0.2) is 5.11 Å². The van der Waals surface area contributed by atoms with Crippen LogP contribution in [0.3, 0.4) is 0 Å². The number of amides is 1. The van der Waals surface area contributed by atoms with E-state index in [2.05, 4.69) is 16.0 Å². The zero-order valence-electron chi connectivity index (χ0n) is 17.9. The highest BCUT2D eigenvalue weighted by Crippen LogP contribution is 2.15. The van der Waals surface area contributed by atoms with Crippen LogP contribution in [-0.2, 0) is 16.0 Å². The molecule has 1 amide bonds. The van der Waals surface area contributed by atoms with Crippen molar-refractivity contribution in [3.05, 3.63) is 95.6 Å². The molecule has 3 rings (SSSR count). The van der Waals surface area contributed by atoms with Crippen LogP contribution in [0.25, 0.3) is 0 Å². The molecule has 1 unspecified atom stereocenters. The Labute approximate surface area is 193 Å². The molecule has 0 radical (unpaired) electrons. The van der Waals surface area contributed by atoms with Crippen LogP contribution in [0.15, 0.2) is 78.9 Å². The quantitative estimate of drug-likeness (QED) is 0.370. The molecule has 0 spiro atoms. The second-order valence-electron chi connectivity index (χ2n) is 7.21. The maximum absolute atomic E-state index is 13.1. The summed E-state index contributed by atoms with van der Waals surface area (Å²) >= 11 is 5.45. The fourth-order valence-electron chi connectivity index (χ4n) is 3.12. The van der Waals surface area contributed by atoms with Gasteiger partial charge in [-0.1, -0.05) is 48.5 Å². The normalized spacial score (nSPS) is 11.2. The zero-order valence-corrected chi connectivity index (χ0v) is 18.7. The van der Waals surface area contributed by atoms with Gasteiger partial charge in [0, 0.05) is 17.8 Å². The van der Waals surface area contributed by atoms with Gasteiger partial charge in [-0.2, -0.15) is 0 Å². The third kappa shape index (κ3) is 6.39. The lowest BCUT2D eigenvalue weighted by Crippen LogP contribution is -2.46. The number of thiocarbonyl (C=S) groups is 1. The summed E-state index contributed by atoms with van der Waals surface area (Å²) in [5.74, 6) is -0.596. The SMILES string of the molecule is COC(=O)c1ccc(NC(=S)NC(Cc2ccccc2)C(=O)Nc2ccccc2C)cc1. The van der Waals surface area contributed by atoms with Crippen LogP contribution in [-0.4, -0.2) is 30.1 Å². The molecule has 32 heavy (non-hydrogen) atoms. The highest BCUT2D eigenvalue weighted by Gasteiger charge is 2.21. The lowest BCUT2D eigenvalue weighted by atomic mass is 10.0. The van der Waals surface area contributed by atoms with Crippen molar-refractivity contribution in [2.24, 2.45) is 0 Å². The van der Waals surface area contributed by atoms with Crippen LogP contribution in [0.5, 0.6) is 0 Å². The summed E-state index contributed by atoms with van der Waals surface area (Å²) in [5.41, 5.74) is 3.87. The molecule has 0 aliphatic rings. The molecule has 0 bridgehead atoms. The molecule has 0 aliphatic heterocycles. The molecule has 0 aliphatic carbocycles. The van der Waals surface area contributed by atoms with Crippen molar-refractivity contribution in [1.82, 2.24) is 5.32 Å². The number of methoxy groups -OCH3 is 1. The van der Waals surface area contributed by atoms with Gasteiger partial charge < -0.3 is 20.7 Å². The molecule has 0 saturated carbocycles. The Bertz CT molecular complexity index is 1090. The smallest absolute Gasteiger partial charge is 0.337 e. The molecule has 7 heteroatoms. The first-order valence-electron chi connectivity index (χ1n) is 10.1. The second kappa shape index (κ2) is 11.1. The van der Waals surface area contributed by atoms with Crippen LogP contribution in [0.4, 0.5) is 11.4 Å². The van der Waals surface area contributed by atoms with E-state index < -0.39 is 12.0 Å². The topological polar surface area (TPSA) is 79.5 Å². The third-order valence-corrected chi connectivity index (χ3v) is 5.09. The number of ether oxygens (including phenoxy) is 1. The largest absolute Gasteiger partial charge is 0.465 e. The molecule has 0 saturated heterocycles. The summed E-state index contributed by atoms with van der Waals surface area (Å²) in [7, 11) is 1.34. The Morgan fingerprint density at radius 2 is 1.56 bits per heavy atom.